The Bertz CT molecular complexity index is 2020. The number of allylic oxidation sites excluding steroid dienone is 5. The second-order valence-electron chi connectivity index (χ2n) is 11.2. The molecule has 0 bridgehead atoms. The molecule has 0 saturated carbocycles. The summed E-state index contributed by atoms with van der Waals surface area (Å²) in [5, 5.41) is 21.8. The van der Waals surface area contributed by atoms with Crippen molar-refractivity contribution < 1.29 is 38.2 Å². The van der Waals surface area contributed by atoms with Gasteiger partial charge in [0.1, 0.15) is 35.9 Å². The fourth-order valence-electron chi connectivity index (χ4n) is 4.64. The van der Waals surface area contributed by atoms with Crippen LogP contribution in [0.15, 0.2) is 97.4 Å². The Labute approximate surface area is 309 Å². The molecule has 4 rings (SSSR count). The highest BCUT2D eigenvalue weighted by Gasteiger charge is 2.20. The van der Waals surface area contributed by atoms with Crippen LogP contribution in [0.1, 0.15) is 38.8 Å². The number of carboxylic acid groups (broad SMARTS) is 1. The Hall–Kier alpha value is -7.08. The number of aldehydes is 2. The number of hydrogen-bond donors (Lipinski definition) is 8. The zero-order valence-corrected chi connectivity index (χ0v) is 29.6. The minimum absolute atomic E-state index is 0.105. The van der Waals surface area contributed by atoms with Crippen molar-refractivity contribution in [2.45, 2.75) is 19.8 Å². The number of carbonyl (C=O) groups excluding carboxylic acids is 3. The molecule has 0 spiro atoms. The molecule has 0 aliphatic heterocycles. The highest BCUT2D eigenvalue weighted by Crippen LogP contribution is 2.27. The highest BCUT2D eigenvalue weighted by molar-refractivity contribution is 6.07. The molecule has 16 nitrogen and oxygen atoms in total. The van der Waals surface area contributed by atoms with E-state index in [9.17, 15) is 33.1 Å². The zero-order valence-electron chi connectivity index (χ0n) is 29.6. The lowest BCUT2D eigenvalue weighted by atomic mass is 9.92. The van der Waals surface area contributed by atoms with Gasteiger partial charge in [0.15, 0.2) is 12.6 Å². The maximum atomic E-state index is 14.9. The Morgan fingerprint density at radius 2 is 1.35 bits per heavy atom. The average molecular weight is 749 g/mol. The van der Waals surface area contributed by atoms with Crippen molar-refractivity contribution in [3.8, 4) is 0 Å². The lowest BCUT2D eigenvalue weighted by Crippen LogP contribution is -2.22. The van der Waals surface area contributed by atoms with Crippen LogP contribution in [0.5, 0.6) is 0 Å². The van der Waals surface area contributed by atoms with Crippen molar-refractivity contribution in [3.63, 3.8) is 0 Å². The summed E-state index contributed by atoms with van der Waals surface area (Å²) >= 11 is 0. The number of aliphatic hydroxyl groups is 1. The van der Waals surface area contributed by atoms with Crippen LogP contribution in [0.2, 0.25) is 0 Å². The third-order valence-corrected chi connectivity index (χ3v) is 7.30. The minimum Gasteiger partial charge on any atom is -0.478 e. The summed E-state index contributed by atoms with van der Waals surface area (Å²) in [6, 6.07) is 4.69. The Morgan fingerprint density at radius 1 is 0.833 bits per heavy atom. The van der Waals surface area contributed by atoms with Crippen LogP contribution in [0.3, 0.4) is 0 Å². The molecule has 2 heterocycles. The first-order valence-corrected chi connectivity index (χ1v) is 15.8. The van der Waals surface area contributed by atoms with E-state index >= 15 is 0 Å². The zero-order chi connectivity index (χ0) is 40.4. The molecule has 0 radical (unpaired) electrons. The summed E-state index contributed by atoms with van der Waals surface area (Å²) in [6.45, 7) is 1.77. The topological polar surface area (TPSA) is 273 Å². The van der Waals surface area contributed by atoms with Crippen LogP contribution in [0.25, 0.3) is 11.6 Å². The van der Waals surface area contributed by atoms with E-state index in [1.165, 1.54) is 53.5 Å². The Balaban J connectivity index is 0.000000563. The van der Waals surface area contributed by atoms with Gasteiger partial charge >= 0.3 is 5.97 Å². The summed E-state index contributed by atoms with van der Waals surface area (Å²) in [4.78, 5) is 53.3. The fourth-order valence-corrected chi connectivity index (χ4v) is 4.64. The van der Waals surface area contributed by atoms with Crippen molar-refractivity contribution in [2.24, 2.45) is 28.9 Å². The van der Waals surface area contributed by atoms with Gasteiger partial charge in [0, 0.05) is 50.2 Å². The van der Waals surface area contributed by atoms with Crippen molar-refractivity contribution >= 4 is 47.5 Å². The van der Waals surface area contributed by atoms with Gasteiger partial charge in [-0.2, -0.15) is 0 Å². The third kappa shape index (κ3) is 12.6. The van der Waals surface area contributed by atoms with Gasteiger partial charge in [0.2, 0.25) is 0 Å². The molecule has 1 amide bonds. The molecule has 1 atom stereocenters. The fraction of sp³-hybridized carbons (Fsp3) is 0.167. The first kappa shape index (κ1) is 43.1. The SMILES string of the molecule is CNc1cc(CC(C)Cc2cc(NC(=O)/C(N)=C/C=C(\N)n3ccnc3)c(C(=O)O)cc2F)c(F)cc1C=O.CO.N/C(C=O)=C\C=C(/N)n1ccnc1. The summed E-state index contributed by atoms with van der Waals surface area (Å²) in [5.74, 6) is -3.25. The molecular formula is C36H42F2N10O6. The van der Waals surface area contributed by atoms with Crippen LogP contribution in [-0.4, -0.2) is 67.9 Å². The second kappa shape index (κ2) is 21.3. The lowest BCUT2D eigenvalue weighted by molar-refractivity contribution is -0.113. The van der Waals surface area contributed by atoms with Gasteiger partial charge in [-0.15, -0.1) is 0 Å². The number of aliphatic hydroxyl groups excluding tert-OH is 1. The maximum absolute atomic E-state index is 14.9. The van der Waals surface area contributed by atoms with Gasteiger partial charge in [0.05, 0.1) is 22.6 Å². The number of nitrogens with zero attached hydrogens (tertiary/aromatic N) is 4. The second-order valence-corrected chi connectivity index (χ2v) is 11.2. The number of imidazole rings is 2. The van der Waals surface area contributed by atoms with Crippen LogP contribution >= 0.6 is 0 Å². The molecule has 4 aromatic rings. The lowest BCUT2D eigenvalue weighted by Gasteiger charge is -2.17. The number of anilines is 2. The molecule has 286 valence electrons. The quantitative estimate of drug-likeness (QED) is 0.0524. The van der Waals surface area contributed by atoms with Crippen molar-refractivity contribution in [2.75, 3.05) is 24.8 Å². The third-order valence-electron chi connectivity index (χ3n) is 7.30. The Morgan fingerprint density at radius 3 is 1.81 bits per heavy atom. The number of amides is 1. The standard InChI is InChI=1S/C27H28F2N6O4.C8H10N4O.CH4O/c1-15(7-16-10-23(32-2)18(13-36)9-20(16)28)8-17-11-24(19(27(38)39)12-21(17)29)34-26(37)22(30)3-4-25(31)35-6-5-33-14-35;9-7(5-13)1-2-8(10)12-4-3-11-6-12;1-2/h3-6,9-15,32H,7-8,30-31H2,1-2H3,(H,34,37)(H,38,39);1-6H,9-10H2;2H,1H3/b22-3-,25-4+;7-1-,8-2+;. The summed E-state index contributed by atoms with van der Waals surface area (Å²) in [5.41, 5.74) is 22.9. The van der Waals surface area contributed by atoms with Crippen LogP contribution in [0, 0.1) is 17.6 Å². The van der Waals surface area contributed by atoms with Crippen molar-refractivity contribution in [1.29, 1.82) is 0 Å². The monoisotopic (exact) mass is 748 g/mol. The largest absolute Gasteiger partial charge is 0.478 e. The number of carbonyl (C=O) groups is 4. The number of rotatable bonds is 14. The predicted octanol–water partition coefficient (Wildman–Crippen LogP) is 2.66. The molecule has 0 fully saturated rings. The van der Waals surface area contributed by atoms with E-state index in [1.54, 1.807) is 43.5 Å². The van der Waals surface area contributed by atoms with E-state index in [-0.39, 0.29) is 52.8 Å². The number of aromatic nitrogens is 4. The minimum atomic E-state index is -1.45. The number of hydrogen-bond acceptors (Lipinski definition) is 12. The number of halogens is 2. The van der Waals surface area contributed by atoms with E-state index in [4.69, 9.17) is 28.0 Å². The number of aromatic carboxylic acids is 1. The van der Waals surface area contributed by atoms with Gasteiger partial charge in [-0.1, -0.05) is 6.92 Å². The van der Waals surface area contributed by atoms with E-state index in [0.717, 1.165) is 19.2 Å². The van der Waals surface area contributed by atoms with Crippen LogP contribution in [-0.2, 0) is 22.4 Å². The number of benzene rings is 2. The molecule has 1 unspecified atom stereocenters. The van der Waals surface area contributed by atoms with Gasteiger partial charge in [-0.3, -0.25) is 23.5 Å². The smallest absolute Gasteiger partial charge is 0.337 e. The molecule has 12 N–H and O–H groups in total. The number of nitrogens with one attached hydrogen (secondary N) is 2. The van der Waals surface area contributed by atoms with E-state index in [2.05, 4.69) is 20.6 Å². The van der Waals surface area contributed by atoms with Gasteiger partial charge < -0.3 is 43.8 Å². The van der Waals surface area contributed by atoms with E-state index in [0.29, 0.717) is 29.6 Å². The number of carboxylic acids is 1. The average Bonchev–Trinajstić information content (AvgIpc) is 3.91. The van der Waals surface area contributed by atoms with E-state index in [1.807, 2.05) is 0 Å². The number of nitrogens with two attached hydrogens (primary N) is 4. The van der Waals surface area contributed by atoms with Crippen LogP contribution < -0.4 is 33.6 Å². The molecule has 54 heavy (non-hydrogen) atoms. The first-order valence-electron chi connectivity index (χ1n) is 15.8. The molecule has 2 aromatic carbocycles. The van der Waals surface area contributed by atoms with Gasteiger partial charge in [-0.25, -0.2) is 23.5 Å². The molecule has 0 saturated heterocycles. The van der Waals surface area contributed by atoms with Crippen LogP contribution in [0.4, 0.5) is 20.2 Å². The van der Waals surface area contributed by atoms with E-state index < -0.39 is 29.1 Å². The molecule has 0 aliphatic carbocycles. The summed E-state index contributed by atoms with van der Waals surface area (Å²) < 4.78 is 32.5. The molecular weight excluding hydrogens is 706 g/mol. The van der Waals surface area contributed by atoms with Gasteiger partial charge in [0.25, 0.3) is 5.91 Å². The summed E-state index contributed by atoms with van der Waals surface area (Å²) in [6.07, 6.45) is 16.4. The first-order chi connectivity index (χ1) is 25.8. The highest BCUT2D eigenvalue weighted by atomic mass is 19.1. The van der Waals surface area contributed by atoms with Gasteiger partial charge in [-0.05, 0) is 78.5 Å². The predicted molar refractivity (Wildman–Crippen MR) is 200 cm³/mol. The normalized spacial score (nSPS) is 12.3. The Kier molecular flexibility index (Phi) is 17.0. The molecule has 2 aromatic heterocycles. The van der Waals surface area contributed by atoms with Crippen molar-refractivity contribution in [3.05, 3.63) is 131 Å². The molecule has 0 aliphatic rings. The molecule has 18 heteroatoms. The summed E-state index contributed by atoms with van der Waals surface area (Å²) in [7, 11) is 2.61. The maximum Gasteiger partial charge on any atom is 0.337 e. The van der Waals surface area contributed by atoms with Crippen molar-refractivity contribution in [1.82, 2.24) is 19.1 Å².